The van der Waals surface area contributed by atoms with Crippen LogP contribution in [0.3, 0.4) is 0 Å². The first-order valence-corrected chi connectivity index (χ1v) is 13.0. The molecule has 2 aromatic rings. The number of benzene rings is 2. The van der Waals surface area contributed by atoms with Crippen molar-refractivity contribution >= 4 is 24.2 Å². The van der Waals surface area contributed by atoms with Crippen LogP contribution in [-0.2, 0) is 14.6 Å². The van der Waals surface area contributed by atoms with Gasteiger partial charge in [0, 0.05) is 12.7 Å². The van der Waals surface area contributed by atoms with Crippen LogP contribution in [-0.4, -0.2) is 28.3 Å². The predicted octanol–water partition coefficient (Wildman–Crippen LogP) is 6.12. The minimum absolute atomic E-state index is 0.132. The van der Waals surface area contributed by atoms with Gasteiger partial charge in [-0.3, -0.25) is 0 Å². The summed E-state index contributed by atoms with van der Waals surface area (Å²) in [6.45, 7) is 11.9. The first kappa shape index (κ1) is 20.6. The Morgan fingerprint density at radius 2 is 1.74 bits per heavy atom. The fourth-order valence-corrected chi connectivity index (χ4v) is 4.81. The fraction of sp³-hybridized carbons (Fsp3) is 0.455. The van der Waals surface area contributed by atoms with Gasteiger partial charge in [0.25, 0.3) is 0 Å². The van der Waals surface area contributed by atoms with Crippen molar-refractivity contribution in [3.8, 4) is 5.75 Å². The summed E-state index contributed by atoms with van der Waals surface area (Å²) in [4.78, 5) is 0. The molecule has 0 aromatic heterocycles. The molecule has 0 amide bonds. The lowest BCUT2D eigenvalue weighted by Gasteiger charge is -2.41. The molecule has 1 aliphatic heterocycles. The lowest BCUT2D eigenvalue weighted by Crippen LogP contribution is -2.50. The Balaban J connectivity index is 2.14. The van der Waals surface area contributed by atoms with E-state index in [9.17, 15) is 0 Å². The second-order valence-electron chi connectivity index (χ2n) is 8.69. The topological polar surface area (TPSA) is 27.7 Å². The minimum atomic E-state index is -1.95. The van der Waals surface area contributed by atoms with Crippen LogP contribution in [0.2, 0.25) is 18.1 Å². The summed E-state index contributed by atoms with van der Waals surface area (Å²) >= 11 is 3.64. The number of fused-ring (bicyclic) bond motifs is 1. The van der Waals surface area contributed by atoms with Crippen molar-refractivity contribution in [2.75, 3.05) is 13.7 Å². The van der Waals surface area contributed by atoms with Crippen molar-refractivity contribution in [3.63, 3.8) is 0 Å². The molecule has 0 aliphatic carbocycles. The number of ether oxygens (including phenoxy) is 2. The third-order valence-corrected chi connectivity index (χ3v) is 11.1. The quantitative estimate of drug-likeness (QED) is 0.515. The number of rotatable bonds is 5. The summed E-state index contributed by atoms with van der Waals surface area (Å²) in [6, 6.07) is 16.6. The Bertz CT molecular complexity index is 801. The molecule has 3 rings (SSSR count). The monoisotopic (exact) mass is 448 g/mol. The van der Waals surface area contributed by atoms with Gasteiger partial charge in [0.15, 0.2) is 8.32 Å². The lowest BCUT2D eigenvalue weighted by molar-refractivity contribution is -0.0870. The number of para-hydroxylation sites is 1. The zero-order valence-electron chi connectivity index (χ0n) is 17.0. The molecule has 0 bridgehead atoms. The lowest BCUT2D eigenvalue weighted by atomic mass is 9.75. The molecule has 2 unspecified atom stereocenters. The Kier molecular flexibility index (Phi) is 5.61. The van der Waals surface area contributed by atoms with E-state index in [1.807, 2.05) is 18.2 Å². The number of hydrogen-bond acceptors (Lipinski definition) is 3. The Morgan fingerprint density at radius 1 is 1.07 bits per heavy atom. The first-order chi connectivity index (χ1) is 12.6. The van der Waals surface area contributed by atoms with Gasteiger partial charge < -0.3 is 13.9 Å². The second kappa shape index (κ2) is 7.36. The van der Waals surface area contributed by atoms with Gasteiger partial charge in [-0.1, -0.05) is 63.2 Å². The van der Waals surface area contributed by atoms with Crippen molar-refractivity contribution < 1.29 is 13.9 Å². The molecule has 1 heterocycles. The normalized spacial score (nSPS) is 22.4. The maximum absolute atomic E-state index is 6.73. The molecule has 1 aliphatic rings. The van der Waals surface area contributed by atoms with Gasteiger partial charge >= 0.3 is 0 Å². The first-order valence-electron chi connectivity index (χ1n) is 9.31. The van der Waals surface area contributed by atoms with Crippen molar-refractivity contribution in [2.45, 2.75) is 50.6 Å². The minimum Gasteiger partial charge on any atom is -0.462 e. The van der Waals surface area contributed by atoms with Gasteiger partial charge in [0.1, 0.15) is 11.2 Å². The molecule has 0 spiro atoms. The molecular formula is C22H29BrO3Si. The van der Waals surface area contributed by atoms with E-state index in [2.05, 4.69) is 80.1 Å². The zero-order chi connectivity index (χ0) is 19.9. The van der Waals surface area contributed by atoms with Gasteiger partial charge in [-0.05, 0) is 45.7 Å². The highest BCUT2D eigenvalue weighted by Crippen LogP contribution is 2.51. The highest BCUT2D eigenvalue weighted by atomic mass is 79.9. The molecule has 5 heteroatoms. The predicted molar refractivity (Wildman–Crippen MR) is 116 cm³/mol. The van der Waals surface area contributed by atoms with Crippen molar-refractivity contribution in [3.05, 3.63) is 64.1 Å². The van der Waals surface area contributed by atoms with Crippen LogP contribution < -0.4 is 4.74 Å². The molecule has 2 atom stereocenters. The van der Waals surface area contributed by atoms with E-state index in [1.54, 1.807) is 7.11 Å². The van der Waals surface area contributed by atoms with Crippen LogP contribution in [0.1, 0.15) is 31.9 Å². The summed E-state index contributed by atoms with van der Waals surface area (Å²) in [7, 11) is -0.250. The standard InChI is InChI=1S/C22H29BrO3Si/c1-21(2,3)27(5,6)25-15-22(16-11-8-7-9-12-16)17-13-10-14-18(23)19(17)26-20(22)24-4/h7-14,20H,15H2,1-6H3. The van der Waals surface area contributed by atoms with Gasteiger partial charge in [-0.25, -0.2) is 0 Å². The molecule has 0 fully saturated rings. The molecule has 3 nitrogen and oxygen atoms in total. The van der Waals surface area contributed by atoms with Gasteiger partial charge in [0.05, 0.1) is 11.1 Å². The van der Waals surface area contributed by atoms with E-state index < -0.39 is 20.0 Å². The van der Waals surface area contributed by atoms with Gasteiger partial charge in [-0.2, -0.15) is 0 Å². The molecule has 0 radical (unpaired) electrons. The van der Waals surface area contributed by atoms with Crippen molar-refractivity contribution in [2.24, 2.45) is 0 Å². The number of hydrogen-bond donors (Lipinski definition) is 0. The summed E-state index contributed by atoms with van der Waals surface area (Å²) < 4.78 is 19.8. The van der Waals surface area contributed by atoms with E-state index in [0.717, 1.165) is 21.3 Å². The van der Waals surface area contributed by atoms with E-state index in [4.69, 9.17) is 13.9 Å². The third kappa shape index (κ3) is 3.51. The summed E-state index contributed by atoms with van der Waals surface area (Å²) in [5, 5.41) is 0.132. The van der Waals surface area contributed by atoms with Crippen LogP contribution >= 0.6 is 15.9 Å². The van der Waals surface area contributed by atoms with Crippen LogP contribution in [0.15, 0.2) is 53.0 Å². The Labute approximate surface area is 172 Å². The van der Waals surface area contributed by atoms with Crippen LogP contribution in [0.25, 0.3) is 0 Å². The second-order valence-corrected chi connectivity index (χ2v) is 14.4. The molecular weight excluding hydrogens is 420 g/mol. The summed E-state index contributed by atoms with van der Waals surface area (Å²) in [6.07, 6.45) is -0.446. The summed E-state index contributed by atoms with van der Waals surface area (Å²) in [5.74, 6) is 0.840. The SMILES string of the molecule is COC1Oc2c(Br)cccc2C1(CO[Si](C)(C)C(C)(C)C)c1ccccc1. The van der Waals surface area contributed by atoms with E-state index in [1.165, 1.54) is 0 Å². The molecule has 0 saturated heterocycles. The Hall–Kier alpha value is -1.14. The van der Waals surface area contributed by atoms with Crippen LogP contribution in [0, 0.1) is 0 Å². The highest BCUT2D eigenvalue weighted by Gasteiger charge is 2.53. The maximum Gasteiger partial charge on any atom is 0.215 e. The number of halogens is 1. The third-order valence-electron chi connectivity index (χ3n) is 6.04. The smallest absolute Gasteiger partial charge is 0.215 e. The average Bonchev–Trinajstić information content (AvgIpc) is 2.96. The Morgan fingerprint density at radius 3 is 2.33 bits per heavy atom. The zero-order valence-corrected chi connectivity index (χ0v) is 19.6. The molecule has 2 aromatic carbocycles. The summed E-state index contributed by atoms with van der Waals surface area (Å²) in [5.41, 5.74) is 1.74. The fourth-order valence-electron chi connectivity index (χ4n) is 3.33. The molecule has 27 heavy (non-hydrogen) atoms. The highest BCUT2D eigenvalue weighted by molar-refractivity contribution is 9.10. The van der Waals surface area contributed by atoms with Gasteiger partial charge in [-0.15, -0.1) is 0 Å². The van der Waals surface area contributed by atoms with Gasteiger partial charge in [0.2, 0.25) is 6.29 Å². The van der Waals surface area contributed by atoms with Crippen LogP contribution in [0.5, 0.6) is 5.75 Å². The maximum atomic E-state index is 6.73. The van der Waals surface area contributed by atoms with Crippen LogP contribution in [0.4, 0.5) is 0 Å². The molecule has 0 N–H and O–H groups in total. The largest absolute Gasteiger partial charge is 0.462 e. The van der Waals surface area contributed by atoms with Crippen molar-refractivity contribution in [1.29, 1.82) is 0 Å². The van der Waals surface area contributed by atoms with E-state index in [0.29, 0.717) is 6.61 Å². The molecule has 0 saturated carbocycles. The van der Waals surface area contributed by atoms with E-state index in [-0.39, 0.29) is 5.04 Å². The van der Waals surface area contributed by atoms with Crippen molar-refractivity contribution in [1.82, 2.24) is 0 Å². The average molecular weight is 449 g/mol. The number of methoxy groups -OCH3 is 1. The van der Waals surface area contributed by atoms with E-state index >= 15 is 0 Å². The molecule has 146 valence electrons.